The van der Waals surface area contributed by atoms with Gasteiger partial charge in [0.25, 0.3) is 11.6 Å². The molecule has 2 heterocycles. The van der Waals surface area contributed by atoms with Crippen LogP contribution >= 0.6 is 0 Å². The molecule has 0 spiro atoms. The van der Waals surface area contributed by atoms with Gasteiger partial charge < -0.3 is 20.3 Å². The van der Waals surface area contributed by atoms with Crippen molar-refractivity contribution in [2.45, 2.75) is 18.9 Å². The Labute approximate surface area is 171 Å². The summed E-state index contributed by atoms with van der Waals surface area (Å²) in [6.45, 7) is -0.639. The van der Waals surface area contributed by atoms with Crippen molar-refractivity contribution in [1.82, 2.24) is 15.5 Å². The number of amides is 4. The Morgan fingerprint density at radius 3 is 2.80 bits per heavy atom. The van der Waals surface area contributed by atoms with Gasteiger partial charge in [-0.2, -0.15) is 0 Å². The fraction of sp³-hybridized carbons (Fsp3) is 0.444. The standard InChI is InChI=1S/C18H21N5O7/c1-19-18(27)12-3-2-6-21(12)16(25)8-20-15(24)9-22-13-7-11(23(28)29)4-5-14(13)30-10-17(22)26/h4-5,7,12H,2-3,6,8-10H2,1H3,(H,19,27)(H,20,24). The summed E-state index contributed by atoms with van der Waals surface area (Å²) < 4.78 is 5.25. The molecular formula is C18H21N5O7. The lowest BCUT2D eigenvalue weighted by molar-refractivity contribution is -0.384. The van der Waals surface area contributed by atoms with Gasteiger partial charge in [0.1, 0.15) is 18.3 Å². The minimum atomic E-state index is -0.619. The Hall–Kier alpha value is -3.70. The lowest BCUT2D eigenvalue weighted by Gasteiger charge is -2.28. The predicted molar refractivity (Wildman–Crippen MR) is 103 cm³/mol. The highest BCUT2D eigenvalue weighted by atomic mass is 16.6. The van der Waals surface area contributed by atoms with Crippen molar-refractivity contribution < 1.29 is 28.8 Å². The molecule has 160 valence electrons. The van der Waals surface area contributed by atoms with Crippen LogP contribution in [0.15, 0.2) is 18.2 Å². The van der Waals surface area contributed by atoms with Gasteiger partial charge in [0.2, 0.25) is 17.7 Å². The van der Waals surface area contributed by atoms with E-state index in [0.29, 0.717) is 19.4 Å². The number of fused-ring (bicyclic) bond motifs is 1. The van der Waals surface area contributed by atoms with E-state index < -0.39 is 35.2 Å². The summed E-state index contributed by atoms with van der Waals surface area (Å²) in [6.07, 6.45) is 1.24. The molecule has 12 heteroatoms. The summed E-state index contributed by atoms with van der Waals surface area (Å²) in [4.78, 5) is 61.7. The molecule has 4 amide bonds. The van der Waals surface area contributed by atoms with Gasteiger partial charge in [-0.3, -0.25) is 34.2 Å². The maximum atomic E-state index is 12.4. The van der Waals surface area contributed by atoms with Gasteiger partial charge in [0.05, 0.1) is 17.2 Å². The molecule has 0 aliphatic carbocycles. The van der Waals surface area contributed by atoms with Crippen molar-refractivity contribution in [3.8, 4) is 5.75 Å². The number of non-ortho nitro benzene ring substituents is 1. The minimum absolute atomic E-state index is 0.112. The summed E-state index contributed by atoms with van der Waals surface area (Å²) in [5.74, 6) is -1.58. The molecule has 1 aromatic carbocycles. The van der Waals surface area contributed by atoms with Gasteiger partial charge in [-0.25, -0.2) is 0 Å². The monoisotopic (exact) mass is 419 g/mol. The van der Waals surface area contributed by atoms with Gasteiger partial charge in [-0.15, -0.1) is 0 Å². The molecule has 1 saturated heterocycles. The van der Waals surface area contributed by atoms with E-state index in [1.54, 1.807) is 0 Å². The van der Waals surface area contributed by atoms with E-state index in [9.17, 15) is 29.3 Å². The third kappa shape index (κ3) is 4.31. The molecule has 12 nitrogen and oxygen atoms in total. The number of benzene rings is 1. The second kappa shape index (κ2) is 8.76. The third-order valence-electron chi connectivity index (χ3n) is 4.96. The van der Waals surface area contributed by atoms with Crippen LogP contribution in [0.25, 0.3) is 0 Å². The summed E-state index contributed by atoms with van der Waals surface area (Å²) in [7, 11) is 1.49. The highest BCUT2D eigenvalue weighted by Gasteiger charge is 2.34. The molecule has 1 atom stereocenters. The first-order chi connectivity index (χ1) is 14.3. The average molecular weight is 419 g/mol. The lowest BCUT2D eigenvalue weighted by Crippen LogP contribution is -2.50. The van der Waals surface area contributed by atoms with Crippen LogP contribution in [0.3, 0.4) is 0 Å². The number of hydrogen-bond donors (Lipinski definition) is 2. The number of rotatable bonds is 6. The number of nitrogens with one attached hydrogen (secondary N) is 2. The largest absolute Gasteiger partial charge is 0.482 e. The SMILES string of the molecule is CNC(=O)C1CCCN1C(=O)CNC(=O)CN1C(=O)COc2ccc([N+](=O)[O-])cc21. The van der Waals surface area contributed by atoms with Crippen molar-refractivity contribution >= 4 is 35.0 Å². The van der Waals surface area contributed by atoms with Crippen molar-refractivity contribution in [3.63, 3.8) is 0 Å². The van der Waals surface area contributed by atoms with Crippen molar-refractivity contribution in [2.75, 3.05) is 38.2 Å². The molecule has 1 aromatic rings. The van der Waals surface area contributed by atoms with Gasteiger partial charge >= 0.3 is 0 Å². The Kier molecular flexibility index (Phi) is 6.14. The van der Waals surface area contributed by atoms with Crippen LogP contribution < -0.4 is 20.3 Å². The maximum absolute atomic E-state index is 12.4. The van der Waals surface area contributed by atoms with Gasteiger partial charge in [-0.05, 0) is 18.9 Å². The van der Waals surface area contributed by atoms with Crippen LogP contribution in [-0.2, 0) is 19.2 Å². The van der Waals surface area contributed by atoms with Crippen molar-refractivity contribution in [3.05, 3.63) is 28.3 Å². The van der Waals surface area contributed by atoms with E-state index in [4.69, 9.17) is 4.74 Å². The summed E-state index contributed by atoms with van der Waals surface area (Å²) in [6, 6.07) is 3.20. The Balaban J connectivity index is 1.63. The molecule has 2 aliphatic rings. The van der Waals surface area contributed by atoms with Crippen LogP contribution in [0.5, 0.6) is 5.75 Å². The first-order valence-electron chi connectivity index (χ1n) is 9.31. The molecule has 0 radical (unpaired) electrons. The van der Waals surface area contributed by atoms with Crippen LogP contribution in [0, 0.1) is 10.1 Å². The summed E-state index contributed by atoms with van der Waals surface area (Å²) >= 11 is 0. The predicted octanol–water partition coefficient (Wildman–Crippen LogP) is -0.827. The van der Waals surface area contributed by atoms with E-state index in [0.717, 1.165) is 11.0 Å². The van der Waals surface area contributed by atoms with Crippen LogP contribution in [-0.4, -0.2) is 72.8 Å². The fourth-order valence-corrected chi connectivity index (χ4v) is 3.46. The number of nitro benzene ring substituents is 1. The molecule has 0 aromatic heterocycles. The number of carbonyl (C=O) groups is 4. The number of likely N-dealkylation sites (tertiary alicyclic amines) is 1. The Bertz CT molecular complexity index is 903. The molecular weight excluding hydrogens is 398 g/mol. The van der Waals surface area contributed by atoms with E-state index in [-0.39, 0.29) is 36.2 Å². The third-order valence-corrected chi connectivity index (χ3v) is 4.96. The molecule has 1 unspecified atom stereocenters. The zero-order chi connectivity index (χ0) is 21.8. The summed E-state index contributed by atoms with van der Waals surface area (Å²) in [5, 5.41) is 16.0. The zero-order valence-electron chi connectivity index (χ0n) is 16.3. The Morgan fingerprint density at radius 1 is 1.33 bits per heavy atom. The maximum Gasteiger partial charge on any atom is 0.271 e. The molecule has 3 rings (SSSR count). The molecule has 2 N–H and O–H groups in total. The number of carbonyl (C=O) groups excluding carboxylic acids is 4. The average Bonchev–Trinajstić information content (AvgIpc) is 3.23. The van der Waals surface area contributed by atoms with Crippen molar-refractivity contribution in [2.24, 2.45) is 0 Å². The number of ether oxygens (including phenoxy) is 1. The van der Waals surface area contributed by atoms with E-state index in [1.807, 2.05) is 0 Å². The molecule has 1 fully saturated rings. The number of nitrogens with zero attached hydrogens (tertiary/aromatic N) is 3. The lowest BCUT2D eigenvalue weighted by atomic mass is 10.2. The van der Waals surface area contributed by atoms with Gasteiger partial charge in [0.15, 0.2) is 6.61 Å². The van der Waals surface area contributed by atoms with Gasteiger partial charge in [0, 0.05) is 25.7 Å². The van der Waals surface area contributed by atoms with Crippen LogP contribution in [0.2, 0.25) is 0 Å². The first kappa shape index (κ1) is 21.0. The second-order valence-electron chi connectivity index (χ2n) is 6.81. The number of hydrogen-bond acceptors (Lipinski definition) is 7. The molecule has 30 heavy (non-hydrogen) atoms. The number of likely N-dealkylation sites (N-methyl/N-ethyl adjacent to an activating group) is 1. The highest BCUT2D eigenvalue weighted by molar-refractivity contribution is 6.03. The number of nitro groups is 1. The first-order valence-corrected chi connectivity index (χ1v) is 9.31. The van der Waals surface area contributed by atoms with Crippen LogP contribution in [0.4, 0.5) is 11.4 Å². The van der Waals surface area contributed by atoms with Gasteiger partial charge in [-0.1, -0.05) is 0 Å². The quantitative estimate of drug-likeness (QED) is 0.451. The minimum Gasteiger partial charge on any atom is -0.482 e. The van der Waals surface area contributed by atoms with Crippen LogP contribution in [0.1, 0.15) is 12.8 Å². The fourth-order valence-electron chi connectivity index (χ4n) is 3.46. The highest BCUT2D eigenvalue weighted by Crippen LogP contribution is 2.35. The van der Waals surface area contributed by atoms with Crippen molar-refractivity contribution in [1.29, 1.82) is 0 Å². The van der Waals surface area contributed by atoms with E-state index >= 15 is 0 Å². The number of anilines is 1. The smallest absolute Gasteiger partial charge is 0.271 e. The zero-order valence-corrected chi connectivity index (χ0v) is 16.3. The topological polar surface area (TPSA) is 151 Å². The second-order valence-corrected chi connectivity index (χ2v) is 6.81. The molecule has 0 saturated carbocycles. The molecule has 0 bridgehead atoms. The van der Waals surface area contributed by atoms with E-state index in [2.05, 4.69) is 10.6 Å². The summed E-state index contributed by atoms with van der Waals surface area (Å²) in [5.41, 5.74) is -0.136. The Morgan fingerprint density at radius 2 is 2.10 bits per heavy atom. The normalized spacial score (nSPS) is 17.8. The molecule has 2 aliphatic heterocycles. The van der Waals surface area contributed by atoms with E-state index in [1.165, 1.54) is 24.1 Å².